The molecule has 1 heterocycles. The van der Waals surface area contributed by atoms with Crippen molar-refractivity contribution in [2.45, 2.75) is 25.6 Å². The Bertz CT molecular complexity index is 1260. The molecule has 1 N–H and O–H groups in total. The molecule has 1 atom stereocenters. The first-order valence-electron chi connectivity index (χ1n) is 11.3. The van der Waals surface area contributed by atoms with Crippen LogP contribution in [0.2, 0.25) is 5.02 Å². The van der Waals surface area contributed by atoms with Crippen LogP contribution in [-0.2, 0) is 39.1 Å². The summed E-state index contributed by atoms with van der Waals surface area (Å²) in [5.41, 5.74) is 2.29. The number of amides is 2. The summed E-state index contributed by atoms with van der Waals surface area (Å²) in [5.74, 6) is -0.861. The van der Waals surface area contributed by atoms with Gasteiger partial charge in [0.1, 0.15) is 6.04 Å². The average Bonchev–Trinajstić information content (AvgIpc) is 2.86. The Morgan fingerprint density at radius 3 is 2.25 bits per heavy atom. The monoisotopic (exact) mass is 528 g/mol. The number of aromatic nitrogens is 1. The molecule has 36 heavy (non-hydrogen) atoms. The summed E-state index contributed by atoms with van der Waals surface area (Å²) in [7, 11) is -2.27. The largest absolute Gasteiger partial charge is 0.349 e. The second-order valence-corrected chi connectivity index (χ2v) is 10.9. The van der Waals surface area contributed by atoms with Crippen LogP contribution in [0.5, 0.6) is 0 Å². The van der Waals surface area contributed by atoms with Crippen LogP contribution in [0.4, 0.5) is 0 Å². The van der Waals surface area contributed by atoms with E-state index >= 15 is 0 Å². The van der Waals surface area contributed by atoms with Gasteiger partial charge < -0.3 is 10.2 Å². The van der Waals surface area contributed by atoms with E-state index in [1.165, 1.54) is 11.9 Å². The van der Waals surface area contributed by atoms with Gasteiger partial charge in [-0.05, 0) is 35.4 Å². The van der Waals surface area contributed by atoms with Crippen molar-refractivity contribution < 1.29 is 18.0 Å². The molecule has 3 aromatic rings. The van der Waals surface area contributed by atoms with Crippen molar-refractivity contribution in [2.75, 3.05) is 19.8 Å². The van der Waals surface area contributed by atoms with E-state index in [-0.39, 0.29) is 25.4 Å². The number of carbonyl (C=O) groups is 2. The summed E-state index contributed by atoms with van der Waals surface area (Å²) in [4.78, 5) is 32.6. The van der Waals surface area contributed by atoms with E-state index in [4.69, 9.17) is 11.6 Å². The van der Waals surface area contributed by atoms with Crippen molar-refractivity contribution in [3.63, 3.8) is 0 Å². The molecule has 0 fully saturated rings. The summed E-state index contributed by atoms with van der Waals surface area (Å²) in [6.07, 6.45) is 2.92. The fourth-order valence-corrected chi connectivity index (χ4v) is 4.01. The maximum atomic E-state index is 13.5. The highest BCUT2D eigenvalue weighted by atomic mass is 35.5. The molecule has 0 spiro atoms. The van der Waals surface area contributed by atoms with Gasteiger partial charge in [-0.3, -0.25) is 14.6 Å². The molecule has 0 saturated carbocycles. The Hall–Kier alpha value is -3.27. The van der Waals surface area contributed by atoms with Crippen molar-refractivity contribution in [1.29, 1.82) is 0 Å². The predicted molar refractivity (Wildman–Crippen MR) is 139 cm³/mol. The lowest BCUT2D eigenvalue weighted by atomic mass is 10.0. The number of sulfonamides is 1. The summed E-state index contributed by atoms with van der Waals surface area (Å²) in [6.45, 7) is -0.107. The van der Waals surface area contributed by atoms with Gasteiger partial charge in [-0.2, -0.15) is 4.31 Å². The van der Waals surface area contributed by atoms with Crippen molar-refractivity contribution in [3.8, 4) is 0 Å². The minimum Gasteiger partial charge on any atom is -0.349 e. The third-order valence-electron chi connectivity index (χ3n) is 5.63. The SMILES string of the molecule is CN(CC(=O)N(Cc1ccc(Cl)cc1)C(Cc1ccccc1)C(=O)NCc1ccccn1)S(C)(=O)=O. The molecule has 0 radical (unpaired) electrons. The molecule has 8 nitrogen and oxygen atoms in total. The predicted octanol–water partition coefficient (Wildman–Crippen LogP) is 2.88. The second kappa shape index (κ2) is 12.6. The Labute approximate surface area is 217 Å². The first-order valence-corrected chi connectivity index (χ1v) is 13.5. The Morgan fingerprint density at radius 1 is 0.972 bits per heavy atom. The van der Waals surface area contributed by atoms with Crippen LogP contribution < -0.4 is 5.32 Å². The first kappa shape index (κ1) is 27.3. The summed E-state index contributed by atoms with van der Waals surface area (Å²) in [5, 5.41) is 3.43. The van der Waals surface area contributed by atoms with Crippen LogP contribution in [0.15, 0.2) is 79.0 Å². The van der Waals surface area contributed by atoms with E-state index in [9.17, 15) is 18.0 Å². The Kier molecular flexibility index (Phi) is 9.58. The van der Waals surface area contributed by atoms with E-state index in [0.717, 1.165) is 21.7 Å². The van der Waals surface area contributed by atoms with Crippen LogP contribution in [0.3, 0.4) is 0 Å². The molecule has 0 saturated heterocycles. The van der Waals surface area contributed by atoms with Crippen LogP contribution in [0.1, 0.15) is 16.8 Å². The highest BCUT2D eigenvalue weighted by Gasteiger charge is 2.31. The van der Waals surface area contributed by atoms with Crippen LogP contribution in [0.25, 0.3) is 0 Å². The summed E-state index contributed by atoms with van der Waals surface area (Å²) < 4.78 is 25.0. The van der Waals surface area contributed by atoms with E-state index in [0.29, 0.717) is 10.7 Å². The van der Waals surface area contributed by atoms with Crippen molar-refractivity contribution in [2.24, 2.45) is 0 Å². The molecule has 1 aromatic heterocycles. The summed E-state index contributed by atoms with van der Waals surface area (Å²) >= 11 is 6.03. The Balaban J connectivity index is 1.94. The van der Waals surface area contributed by atoms with Crippen LogP contribution in [0, 0.1) is 0 Å². The zero-order valence-corrected chi connectivity index (χ0v) is 21.7. The molecular formula is C26H29ClN4O4S. The highest BCUT2D eigenvalue weighted by molar-refractivity contribution is 7.88. The van der Waals surface area contributed by atoms with Gasteiger partial charge in [-0.1, -0.05) is 60.1 Å². The number of halogens is 1. The topological polar surface area (TPSA) is 99.7 Å². The number of benzene rings is 2. The summed E-state index contributed by atoms with van der Waals surface area (Å²) in [6, 6.07) is 20.8. The lowest BCUT2D eigenvalue weighted by molar-refractivity contribution is -0.141. The maximum absolute atomic E-state index is 13.5. The first-order chi connectivity index (χ1) is 17.1. The lowest BCUT2D eigenvalue weighted by Crippen LogP contribution is -2.52. The van der Waals surface area contributed by atoms with E-state index in [1.54, 1.807) is 42.6 Å². The van der Waals surface area contributed by atoms with Crippen molar-refractivity contribution in [1.82, 2.24) is 19.5 Å². The van der Waals surface area contributed by atoms with Crippen molar-refractivity contribution in [3.05, 3.63) is 101 Å². The molecule has 1 unspecified atom stereocenters. The van der Waals surface area contributed by atoms with Gasteiger partial charge in [0, 0.05) is 31.2 Å². The normalized spacial score (nSPS) is 12.2. The van der Waals surface area contributed by atoms with Gasteiger partial charge in [0.15, 0.2) is 0 Å². The number of likely N-dealkylation sites (N-methyl/N-ethyl adjacent to an activating group) is 1. The minimum absolute atomic E-state index is 0.0993. The van der Waals surface area contributed by atoms with Gasteiger partial charge in [0.25, 0.3) is 0 Å². The molecule has 0 bridgehead atoms. The lowest BCUT2D eigenvalue weighted by Gasteiger charge is -2.32. The third kappa shape index (κ3) is 8.15. The second-order valence-electron chi connectivity index (χ2n) is 8.41. The van der Waals surface area contributed by atoms with Gasteiger partial charge in [-0.15, -0.1) is 0 Å². The number of rotatable bonds is 11. The number of nitrogens with one attached hydrogen (secondary N) is 1. The quantitative estimate of drug-likeness (QED) is 0.412. The average molecular weight is 529 g/mol. The fraction of sp³-hybridized carbons (Fsp3) is 0.269. The van der Waals surface area contributed by atoms with Crippen LogP contribution in [-0.4, -0.2) is 60.3 Å². The number of pyridine rings is 1. The van der Waals surface area contributed by atoms with E-state index in [1.807, 2.05) is 36.4 Å². The van der Waals surface area contributed by atoms with Crippen LogP contribution >= 0.6 is 11.6 Å². The molecule has 0 aliphatic heterocycles. The molecule has 2 aromatic carbocycles. The number of hydrogen-bond donors (Lipinski definition) is 1. The van der Waals surface area contributed by atoms with Crippen molar-refractivity contribution >= 4 is 33.4 Å². The van der Waals surface area contributed by atoms with Gasteiger partial charge in [0.2, 0.25) is 21.8 Å². The maximum Gasteiger partial charge on any atom is 0.243 e. The number of carbonyl (C=O) groups excluding carboxylic acids is 2. The smallest absolute Gasteiger partial charge is 0.243 e. The molecule has 190 valence electrons. The van der Waals surface area contributed by atoms with E-state index in [2.05, 4.69) is 10.3 Å². The van der Waals surface area contributed by atoms with E-state index < -0.39 is 28.5 Å². The number of nitrogens with zero attached hydrogens (tertiary/aromatic N) is 3. The molecule has 10 heteroatoms. The van der Waals surface area contributed by atoms with Gasteiger partial charge in [-0.25, -0.2) is 8.42 Å². The molecule has 3 rings (SSSR count). The zero-order valence-electron chi connectivity index (χ0n) is 20.2. The molecule has 2 amide bonds. The van der Waals surface area contributed by atoms with Gasteiger partial charge >= 0.3 is 0 Å². The third-order valence-corrected chi connectivity index (χ3v) is 7.14. The standard InChI is InChI=1S/C26H29ClN4O4S/c1-30(36(2,34)35)19-25(32)31(18-21-11-13-22(27)14-12-21)24(16-20-8-4-3-5-9-20)26(33)29-17-23-10-6-7-15-28-23/h3-15,24H,16-19H2,1-2H3,(H,29,33). The van der Waals surface area contributed by atoms with Gasteiger partial charge in [0.05, 0.1) is 25.0 Å². The molecule has 0 aliphatic carbocycles. The minimum atomic E-state index is -3.60. The zero-order chi connectivity index (χ0) is 26.1. The Morgan fingerprint density at radius 2 is 1.64 bits per heavy atom. The molecular weight excluding hydrogens is 500 g/mol. The molecule has 0 aliphatic rings. The number of hydrogen-bond acceptors (Lipinski definition) is 5. The highest BCUT2D eigenvalue weighted by Crippen LogP contribution is 2.17. The fourth-order valence-electron chi connectivity index (χ4n) is 3.54.